The third-order valence-corrected chi connectivity index (χ3v) is 6.48. The van der Waals surface area contributed by atoms with Crippen molar-refractivity contribution in [3.63, 3.8) is 0 Å². The summed E-state index contributed by atoms with van der Waals surface area (Å²) in [7, 11) is 1.76. The zero-order chi connectivity index (χ0) is 25.9. The van der Waals surface area contributed by atoms with Gasteiger partial charge in [0.2, 0.25) is 5.91 Å². The molecule has 0 radical (unpaired) electrons. The van der Waals surface area contributed by atoms with Gasteiger partial charge in [0, 0.05) is 25.6 Å². The number of fused-ring (bicyclic) bond motifs is 1. The van der Waals surface area contributed by atoms with Crippen molar-refractivity contribution >= 4 is 11.8 Å². The number of amides is 2. The molecule has 0 N–H and O–H groups in total. The van der Waals surface area contributed by atoms with Crippen molar-refractivity contribution in [3.8, 4) is 5.75 Å². The lowest BCUT2D eigenvalue weighted by atomic mass is 9.85. The number of carbonyl (C=O) groups excluding carboxylic acids is 2. The first-order valence-corrected chi connectivity index (χ1v) is 12.2. The van der Waals surface area contributed by atoms with Crippen LogP contribution in [0.1, 0.15) is 49.1 Å². The van der Waals surface area contributed by atoms with Gasteiger partial charge in [0.25, 0.3) is 5.91 Å². The fraction of sp³-hybridized carbons (Fsp3) is 0.333. The maximum atomic E-state index is 13.7. The Bertz CT molecular complexity index is 1220. The second-order valence-corrected chi connectivity index (χ2v) is 10.3. The highest BCUT2D eigenvalue weighted by Gasteiger charge is 2.37. The minimum Gasteiger partial charge on any atom is -0.484 e. The standard InChI is InChI=1S/C30H33FN2O3/c1-30(2,3)29(35)33-17-16-22-12-15-25(18-26(22)28(33)23-10-13-24(31)14-11-23)36-20-27(34)32(4)19-21-8-6-5-7-9-21/h5-15,18,28H,16-17,19-20H2,1-4H3/t28-/m0/s1. The number of rotatable bonds is 6. The Hall–Kier alpha value is -3.67. The molecule has 4 rings (SSSR count). The summed E-state index contributed by atoms with van der Waals surface area (Å²) in [6, 6.07) is 21.5. The molecule has 3 aromatic rings. The fourth-order valence-corrected chi connectivity index (χ4v) is 4.54. The molecular weight excluding hydrogens is 455 g/mol. The molecule has 1 heterocycles. The smallest absolute Gasteiger partial charge is 0.260 e. The van der Waals surface area contributed by atoms with E-state index in [1.807, 2.05) is 74.2 Å². The molecule has 0 fully saturated rings. The van der Waals surface area contributed by atoms with Crippen LogP contribution in [0.3, 0.4) is 0 Å². The Kier molecular flexibility index (Phi) is 7.43. The number of benzene rings is 3. The quantitative estimate of drug-likeness (QED) is 0.468. The first-order valence-electron chi connectivity index (χ1n) is 12.2. The lowest BCUT2D eigenvalue weighted by Gasteiger charge is -2.41. The predicted octanol–water partition coefficient (Wildman–Crippen LogP) is 5.38. The van der Waals surface area contributed by atoms with Crippen LogP contribution in [0.25, 0.3) is 0 Å². The third-order valence-electron chi connectivity index (χ3n) is 6.48. The normalized spacial score (nSPS) is 15.2. The fourth-order valence-electron chi connectivity index (χ4n) is 4.54. The topological polar surface area (TPSA) is 49.9 Å². The Morgan fingerprint density at radius 2 is 1.72 bits per heavy atom. The summed E-state index contributed by atoms with van der Waals surface area (Å²) in [6.45, 7) is 6.71. The Morgan fingerprint density at radius 3 is 2.39 bits per heavy atom. The molecule has 0 unspecified atom stereocenters. The number of hydrogen-bond acceptors (Lipinski definition) is 3. The van der Waals surface area contributed by atoms with Crippen molar-refractivity contribution in [1.29, 1.82) is 0 Å². The highest BCUT2D eigenvalue weighted by Crippen LogP contribution is 2.39. The van der Waals surface area contributed by atoms with E-state index in [9.17, 15) is 14.0 Å². The predicted molar refractivity (Wildman–Crippen MR) is 138 cm³/mol. The van der Waals surface area contributed by atoms with Gasteiger partial charge in [-0.1, -0.05) is 69.3 Å². The minimum atomic E-state index is -0.556. The summed E-state index contributed by atoms with van der Waals surface area (Å²) in [5, 5.41) is 0. The number of likely N-dealkylation sites (N-methyl/N-ethyl adjacent to an activating group) is 1. The molecule has 0 saturated heterocycles. The molecule has 5 nitrogen and oxygen atoms in total. The maximum absolute atomic E-state index is 13.7. The van der Waals surface area contributed by atoms with Crippen molar-refractivity contribution in [3.05, 3.63) is 101 Å². The Morgan fingerprint density at radius 1 is 1.03 bits per heavy atom. The highest BCUT2D eigenvalue weighted by molar-refractivity contribution is 5.83. The first-order chi connectivity index (χ1) is 17.1. The van der Waals surface area contributed by atoms with Crippen LogP contribution in [0.5, 0.6) is 5.75 Å². The number of hydrogen-bond donors (Lipinski definition) is 0. The monoisotopic (exact) mass is 488 g/mol. The van der Waals surface area contributed by atoms with Crippen molar-refractivity contribution in [2.24, 2.45) is 5.41 Å². The molecular formula is C30H33FN2O3. The summed E-state index contributed by atoms with van der Waals surface area (Å²) < 4.78 is 19.6. The lowest BCUT2D eigenvalue weighted by molar-refractivity contribution is -0.141. The van der Waals surface area contributed by atoms with Gasteiger partial charge in [-0.05, 0) is 52.9 Å². The molecule has 1 aliphatic heterocycles. The van der Waals surface area contributed by atoms with Gasteiger partial charge in [-0.25, -0.2) is 4.39 Å². The molecule has 0 aromatic heterocycles. The average molecular weight is 489 g/mol. The molecule has 0 spiro atoms. The molecule has 188 valence electrons. The number of ether oxygens (including phenoxy) is 1. The molecule has 2 amide bonds. The zero-order valence-corrected chi connectivity index (χ0v) is 21.3. The van der Waals surface area contributed by atoms with Gasteiger partial charge in [0.05, 0.1) is 6.04 Å². The highest BCUT2D eigenvalue weighted by atomic mass is 19.1. The number of carbonyl (C=O) groups is 2. The second kappa shape index (κ2) is 10.5. The van der Waals surface area contributed by atoms with E-state index in [0.717, 1.165) is 22.3 Å². The second-order valence-electron chi connectivity index (χ2n) is 10.3. The van der Waals surface area contributed by atoms with Crippen molar-refractivity contribution < 1.29 is 18.7 Å². The maximum Gasteiger partial charge on any atom is 0.260 e. The van der Waals surface area contributed by atoms with E-state index >= 15 is 0 Å². The van der Waals surface area contributed by atoms with Gasteiger partial charge in [0.1, 0.15) is 11.6 Å². The van der Waals surface area contributed by atoms with Gasteiger partial charge >= 0.3 is 0 Å². The largest absolute Gasteiger partial charge is 0.484 e. The van der Waals surface area contributed by atoms with Crippen LogP contribution in [-0.2, 0) is 22.6 Å². The molecule has 0 aliphatic carbocycles. The van der Waals surface area contributed by atoms with Crippen LogP contribution in [0, 0.1) is 11.2 Å². The number of nitrogens with zero attached hydrogens (tertiary/aromatic N) is 2. The average Bonchev–Trinajstić information content (AvgIpc) is 2.86. The molecule has 3 aromatic carbocycles. The van der Waals surface area contributed by atoms with Gasteiger partial charge in [-0.2, -0.15) is 0 Å². The Labute approximate surface area is 212 Å². The summed E-state index contributed by atoms with van der Waals surface area (Å²) in [4.78, 5) is 29.6. The molecule has 0 bridgehead atoms. The van der Waals surface area contributed by atoms with Crippen LogP contribution in [-0.4, -0.2) is 41.8 Å². The van der Waals surface area contributed by atoms with Crippen molar-refractivity contribution in [2.75, 3.05) is 20.2 Å². The van der Waals surface area contributed by atoms with Crippen LogP contribution in [0.2, 0.25) is 0 Å². The van der Waals surface area contributed by atoms with Crippen LogP contribution < -0.4 is 4.74 Å². The third kappa shape index (κ3) is 5.76. The van der Waals surface area contributed by atoms with E-state index in [-0.39, 0.29) is 30.3 Å². The first kappa shape index (κ1) is 25.4. The van der Waals surface area contributed by atoms with E-state index in [1.54, 1.807) is 24.1 Å². The van der Waals surface area contributed by atoms with Crippen LogP contribution >= 0.6 is 0 Å². The van der Waals surface area contributed by atoms with Crippen molar-refractivity contribution in [2.45, 2.75) is 39.8 Å². The zero-order valence-electron chi connectivity index (χ0n) is 21.3. The van der Waals surface area contributed by atoms with Gasteiger partial charge in [-0.15, -0.1) is 0 Å². The van der Waals surface area contributed by atoms with Crippen LogP contribution in [0.4, 0.5) is 4.39 Å². The van der Waals surface area contributed by atoms with E-state index in [2.05, 4.69) is 0 Å². The van der Waals surface area contributed by atoms with Gasteiger partial charge < -0.3 is 14.5 Å². The van der Waals surface area contributed by atoms with E-state index in [0.29, 0.717) is 25.3 Å². The summed E-state index contributed by atoms with van der Waals surface area (Å²) in [5.41, 5.74) is 3.38. The van der Waals surface area contributed by atoms with Crippen LogP contribution in [0.15, 0.2) is 72.8 Å². The van der Waals surface area contributed by atoms with Crippen molar-refractivity contribution in [1.82, 2.24) is 9.80 Å². The molecule has 6 heteroatoms. The van der Waals surface area contributed by atoms with Gasteiger partial charge in [0.15, 0.2) is 6.61 Å². The minimum absolute atomic E-state index is 0.0338. The van der Waals surface area contributed by atoms with E-state index in [1.165, 1.54) is 12.1 Å². The molecule has 36 heavy (non-hydrogen) atoms. The lowest BCUT2D eigenvalue weighted by Crippen LogP contribution is -2.45. The SMILES string of the molecule is CN(Cc1ccccc1)C(=O)COc1ccc2c(c1)[C@H](c1ccc(F)cc1)N(C(=O)C(C)(C)C)CC2. The van der Waals surface area contributed by atoms with E-state index in [4.69, 9.17) is 4.74 Å². The number of halogens is 1. The summed E-state index contributed by atoms with van der Waals surface area (Å²) >= 11 is 0. The van der Waals surface area contributed by atoms with Gasteiger partial charge in [-0.3, -0.25) is 9.59 Å². The summed E-state index contributed by atoms with van der Waals surface area (Å²) in [6.07, 6.45) is 0.716. The Balaban J connectivity index is 1.57. The summed E-state index contributed by atoms with van der Waals surface area (Å²) in [5.74, 6) is 0.147. The van der Waals surface area contributed by atoms with E-state index < -0.39 is 5.41 Å². The molecule has 1 atom stereocenters. The molecule has 1 aliphatic rings. The molecule has 0 saturated carbocycles.